The zero-order chi connectivity index (χ0) is 18.3. The molecule has 1 atom stereocenters. The van der Waals surface area contributed by atoms with E-state index in [1.165, 1.54) is 0 Å². The number of benzene rings is 2. The molecule has 2 aromatic rings. The Morgan fingerprint density at radius 2 is 1.69 bits per heavy atom. The van der Waals surface area contributed by atoms with Crippen LogP contribution in [0.3, 0.4) is 0 Å². The van der Waals surface area contributed by atoms with Crippen LogP contribution < -0.4 is 5.32 Å². The van der Waals surface area contributed by atoms with E-state index in [9.17, 15) is 14.7 Å². The number of carbonyl (C=O) groups excluding carboxylic acids is 2. The molecule has 134 valence electrons. The van der Waals surface area contributed by atoms with Crippen LogP contribution in [0, 0.1) is 0 Å². The Morgan fingerprint density at radius 3 is 2.27 bits per heavy atom. The topological polar surface area (TPSA) is 69.6 Å². The highest BCUT2D eigenvalue weighted by Gasteiger charge is 2.45. The fourth-order valence-corrected chi connectivity index (χ4v) is 4.32. The molecule has 2 N–H and O–H groups in total. The zero-order valence-electron chi connectivity index (χ0n) is 14.7. The highest BCUT2D eigenvalue weighted by Crippen LogP contribution is 2.49. The van der Waals surface area contributed by atoms with Crippen molar-refractivity contribution in [3.05, 3.63) is 59.7 Å². The number of rotatable bonds is 3. The lowest BCUT2D eigenvalue weighted by atomic mass is 9.87. The molecule has 5 nitrogen and oxygen atoms in total. The standard InChI is InChI=1S/C21H22N2O3/c1-22-20(25)18-11-6-12-23(18)19(24)13-21(26)16-9-4-2-7-14(16)15-8-3-5-10-17(15)21/h2-5,7-10,18,26H,6,11-13H2,1H3,(H,22,25)/t18-/m0/s1. The first-order chi connectivity index (χ1) is 12.6. The largest absolute Gasteiger partial charge is 0.380 e. The zero-order valence-corrected chi connectivity index (χ0v) is 14.7. The summed E-state index contributed by atoms with van der Waals surface area (Å²) in [5.41, 5.74) is 2.07. The smallest absolute Gasteiger partial charge is 0.242 e. The molecule has 1 fully saturated rings. The predicted octanol–water partition coefficient (Wildman–Crippen LogP) is 2.03. The number of likely N-dealkylation sites (N-methyl/N-ethyl adjacent to an activating group) is 1. The van der Waals surface area contributed by atoms with Crippen LogP contribution in [0.4, 0.5) is 0 Å². The lowest BCUT2D eigenvalue weighted by Gasteiger charge is -2.30. The van der Waals surface area contributed by atoms with Crippen LogP contribution in [0.5, 0.6) is 0 Å². The van der Waals surface area contributed by atoms with Gasteiger partial charge in [0.2, 0.25) is 11.8 Å². The fourth-order valence-electron chi connectivity index (χ4n) is 4.32. The molecule has 0 radical (unpaired) electrons. The van der Waals surface area contributed by atoms with E-state index >= 15 is 0 Å². The minimum atomic E-state index is -1.36. The molecular formula is C21H22N2O3. The summed E-state index contributed by atoms with van der Waals surface area (Å²) < 4.78 is 0. The molecule has 4 rings (SSSR count). The van der Waals surface area contributed by atoms with E-state index in [1.807, 2.05) is 48.5 Å². The quantitative estimate of drug-likeness (QED) is 0.890. The highest BCUT2D eigenvalue weighted by atomic mass is 16.3. The molecule has 2 aliphatic rings. The van der Waals surface area contributed by atoms with Crippen molar-refractivity contribution >= 4 is 11.8 Å². The summed E-state index contributed by atoms with van der Waals surface area (Å²) in [7, 11) is 1.58. The molecule has 0 saturated carbocycles. The monoisotopic (exact) mass is 350 g/mol. The Bertz CT molecular complexity index is 832. The molecule has 0 aromatic heterocycles. The highest BCUT2D eigenvalue weighted by molar-refractivity contribution is 5.90. The third-order valence-corrected chi connectivity index (χ3v) is 5.56. The van der Waals surface area contributed by atoms with Crippen molar-refractivity contribution in [2.75, 3.05) is 13.6 Å². The first-order valence-corrected chi connectivity index (χ1v) is 8.99. The van der Waals surface area contributed by atoms with Crippen molar-refractivity contribution in [3.63, 3.8) is 0 Å². The molecule has 1 saturated heterocycles. The first kappa shape index (κ1) is 16.8. The van der Waals surface area contributed by atoms with Crippen LogP contribution in [0.15, 0.2) is 48.5 Å². The van der Waals surface area contributed by atoms with Gasteiger partial charge in [-0.1, -0.05) is 48.5 Å². The average Bonchev–Trinajstić information content (AvgIpc) is 3.25. The minimum Gasteiger partial charge on any atom is -0.380 e. The van der Waals surface area contributed by atoms with Gasteiger partial charge in [-0.25, -0.2) is 0 Å². The van der Waals surface area contributed by atoms with Gasteiger partial charge in [0.15, 0.2) is 0 Å². The van der Waals surface area contributed by atoms with Crippen LogP contribution in [-0.2, 0) is 15.2 Å². The number of nitrogens with zero attached hydrogens (tertiary/aromatic N) is 1. The SMILES string of the molecule is CNC(=O)[C@@H]1CCCN1C(=O)CC1(O)c2ccccc2-c2ccccc21. The number of carbonyl (C=O) groups is 2. The van der Waals surface area contributed by atoms with Crippen molar-refractivity contribution in [2.24, 2.45) is 0 Å². The maximum atomic E-state index is 13.0. The molecule has 1 heterocycles. The van der Waals surface area contributed by atoms with E-state index in [1.54, 1.807) is 11.9 Å². The van der Waals surface area contributed by atoms with Gasteiger partial charge >= 0.3 is 0 Å². The molecule has 2 amide bonds. The summed E-state index contributed by atoms with van der Waals surface area (Å²) in [4.78, 5) is 26.7. The van der Waals surface area contributed by atoms with Gasteiger partial charge in [0.1, 0.15) is 11.6 Å². The van der Waals surface area contributed by atoms with Gasteiger partial charge in [-0.15, -0.1) is 0 Å². The molecule has 0 spiro atoms. The Labute approximate surface area is 152 Å². The first-order valence-electron chi connectivity index (χ1n) is 8.99. The molecular weight excluding hydrogens is 328 g/mol. The summed E-state index contributed by atoms with van der Waals surface area (Å²) in [6, 6.07) is 14.9. The second kappa shape index (κ2) is 6.25. The summed E-state index contributed by atoms with van der Waals surface area (Å²) in [6.45, 7) is 0.552. The predicted molar refractivity (Wildman–Crippen MR) is 98.3 cm³/mol. The van der Waals surface area contributed by atoms with Crippen LogP contribution in [-0.4, -0.2) is 41.5 Å². The average molecular weight is 350 g/mol. The lowest BCUT2D eigenvalue weighted by molar-refractivity contribution is -0.141. The van der Waals surface area contributed by atoms with Crippen molar-refractivity contribution < 1.29 is 14.7 Å². The lowest BCUT2D eigenvalue weighted by Crippen LogP contribution is -2.46. The Balaban J connectivity index is 1.69. The molecule has 0 bridgehead atoms. The summed E-state index contributed by atoms with van der Waals surface area (Å²) in [5, 5.41) is 14.2. The second-order valence-electron chi connectivity index (χ2n) is 6.99. The summed E-state index contributed by atoms with van der Waals surface area (Å²) in [6.07, 6.45) is 1.40. The van der Waals surface area contributed by atoms with E-state index in [0.717, 1.165) is 28.7 Å². The van der Waals surface area contributed by atoms with E-state index in [-0.39, 0.29) is 18.2 Å². The summed E-state index contributed by atoms with van der Waals surface area (Å²) >= 11 is 0. The van der Waals surface area contributed by atoms with Crippen LogP contribution in [0.1, 0.15) is 30.4 Å². The number of hydrogen-bond donors (Lipinski definition) is 2. The Kier molecular flexibility index (Phi) is 4.04. The van der Waals surface area contributed by atoms with Crippen molar-refractivity contribution in [1.82, 2.24) is 10.2 Å². The van der Waals surface area contributed by atoms with Crippen molar-refractivity contribution in [2.45, 2.75) is 30.9 Å². The van der Waals surface area contributed by atoms with Gasteiger partial charge in [-0.3, -0.25) is 9.59 Å². The van der Waals surface area contributed by atoms with Gasteiger partial charge in [0, 0.05) is 13.6 Å². The fraction of sp³-hybridized carbons (Fsp3) is 0.333. The van der Waals surface area contributed by atoms with E-state index in [4.69, 9.17) is 0 Å². The number of fused-ring (bicyclic) bond motifs is 3. The van der Waals surface area contributed by atoms with Crippen LogP contribution >= 0.6 is 0 Å². The number of hydrogen-bond acceptors (Lipinski definition) is 3. The molecule has 26 heavy (non-hydrogen) atoms. The number of amides is 2. The normalized spacial score (nSPS) is 19.8. The molecule has 1 aliphatic carbocycles. The van der Waals surface area contributed by atoms with Crippen LogP contribution in [0.25, 0.3) is 11.1 Å². The summed E-state index contributed by atoms with van der Waals surface area (Å²) in [5.74, 6) is -0.333. The molecule has 1 aliphatic heterocycles. The molecule has 0 unspecified atom stereocenters. The molecule has 2 aromatic carbocycles. The number of nitrogens with one attached hydrogen (secondary N) is 1. The molecule has 5 heteroatoms. The maximum absolute atomic E-state index is 13.0. The number of aliphatic hydroxyl groups is 1. The third-order valence-electron chi connectivity index (χ3n) is 5.56. The van der Waals surface area contributed by atoms with E-state index in [0.29, 0.717) is 13.0 Å². The van der Waals surface area contributed by atoms with Crippen LogP contribution in [0.2, 0.25) is 0 Å². The Hall–Kier alpha value is -2.66. The van der Waals surface area contributed by atoms with Crippen molar-refractivity contribution in [1.29, 1.82) is 0 Å². The van der Waals surface area contributed by atoms with Gasteiger partial charge < -0.3 is 15.3 Å². The number of likely N-dealkylation sites (tertiary alicyclic amines) is 1. The second-order valence-corrected chi connectivity index (χ2v) is 6.99. The van der Waals surface area contributed by atoms with Gasteiger partial charge in [-0.2, -0.15) is 0 Å². The third kappa shape index (κ3) is 2.42. The van der Waals surface area contributed by atoms with E-state index in [2.05, 4.69) is 5.32 Å². The minimum absolute atomic E-state index is 0.0610. The van der Waals surface area contributed by atoms with Crippen molar-refractivity contribution in [3.8, 4) is 11.1 Å². The van der Waals surface area contributed by atoms with E-state index < -0.39 is 11.6 Å². The van der Waals surface area contributed by atoms with Gasteiger partial charge in [0.05, 0.1) is 6.42 Å². The van der Waals surface area contributed by atoms with Gasteiger partial charge in [0.25, 0.3) is 0 Å². The maximum Gasteiger partial charge on any atom is 0.242 e. The Morgan fingerprint density at radius 1 is 1.12 bits per heavy atom. The van der Waals surface area contributed by atoms with Gasteiger partial charge in [-0.05, 0) is 35.1 Å².